The lowest BCUT2D eigenvalue weighted by Gasteiger charge is -2.23. The van der Waals surface area contributed by atoms with E-state index < -0.39 is 0 Å². The summed E-state index contributed by atoms with van der Waals surface area (Å²) in [6.07, 6.45) is 3.26. The predicted molar refractivity (Wildman–Crippen MR) is 71.0 cm³/mol. The summed E-state index contributed by atoms with van der Waals surface area (Å²) >= 11 is 0. The Labute approximate surface area is 113 Å². The summed E-state index contributed by atoms with van der Waals surface area (Å²) in [5, 5.41) is 0. The number of ether oxygens (including phenoxy) is 3. The maximum atomic E-state index is 11.4. The zero-order valence-electron chi connectivity index (χ0n) is 11.3. The zero-order chi connectivity index (χ0) is 13.5. The van der Waals surface area contributed by atoms with E-state index in [0.29, 0.717) is 6.61 Å². The van der Waals surface area contributed by atoms with Crippen molar-refractivity contribution in [3.63, 3.8) is 0 Å². The Kier molecular flexibility index (Phi) is 5.21. The Morgan fingerprint density at radius 1 is 1.42 bits per heavy atom. The molecule has 1 aliphatic rings. The summed E-state index contributed by atoms with van der Waals surface area (Å²) in [4.78, 5) is 11.4. The van der Waals surface area contributed by atoms with E-state index in [-0.39, 0.29) is 18.7 Å². The molecule has 1 fully saturated rings. The van der Waals surface area contributed by atoms with Gasteiger partial charge in [-0.25, -0.2) is 0 Å². The molecule has 0 bridgehead atoms. The summed E-state index contributed by atoms with van der Waals surface area (Å²) < 4.78 is 16.2. The van der Waals surface area contributed by atoms with E-state index in [2.05, 4.69) is 0 Å². The summed E-state index contributed by atoms with van der Waals surface area (Å²) in [6, 6.07) is 7.53. The van der Waals surface area contributed by atoms with Crippen LogP contribution in [0.5, 0.6) is 5.75 Å². The third-order valence-corrected chi connectivity index (χ3v) is 2.96. The normalized spacial score (nSPS) is 18.9. The van der Waals surface area contributed by atoms with E-state index >= 15 is 0 Å². The molecule has 0 radical (unpaired) electrons. The van der Waals surface area contributed by atoms with Gasteiger partial charge in [-0.2, -0.15) is 0 Å². The highest BCUT2D eigenvalue weighted by Crippen LogP contribution is 2.20. The van der Waals surface area contributed by atoms with Gasteiger partial charge >= 0.3 is 5.97 Å². The summed E-state index contributed by atoms with van der Waals surface area (Å²) in [5.74, 6) is 0.530. The van der Waals surface area contributed by atoms with Crippen LogP contribution < -0.4 is 4.74 Å². The molecule has 2 rings (SSSR count). The van der Waals surface area contributed by atoms with Crippen LogP contribution in [0.3, 0.4) is 0 Å². The Hall–Kier alpha value is -1.55. The molecule has 1 aromatic carbocycles. The minimum absolute atomic E-state index is 0.161. The van der Waals surface area contributed by atoms with Gasteiger partial charge in [0.05, 0.1) is 19.6 Å². The van der Waals surface area contributed by atoms with Gasteiger partial charge in [-0.05, 0) is 37.5 Å². The van der Waals surface area contributed by atoms with Gasteiger partial charge < -0.3 is 14.2 Å². The summed E-state index contributed by atoms with van der Waals surface area (Å²) in [6.45, 7) is 2.97. The van der Waals surface area contributed by atoms with E-state index in [1.165, 1.54) is 0 Å². The van der Waals surface area contributed by atoms with Crippen LogP contribution in [0.4, 0.5) is 0 Å². The zero-order valence-corrected chi connectivity index (χ0v) is 11.3. The van der Waals surface area contributed by atoms with Crippen LogP contribution >= 0.6 is 0 Å². The van der Waals surface area contributed by atoms with Gasteiger partial charge in [0.15, 0.2) is 6.29 Å². The van der Waals surface area contributed by atoms with Crippen LogP contribution in [-0.2, 0) is 20.7 Å². The second-order valence-corrected chi connectivity index (χ2v) is 4.54. The molecule has 19 heavy (non-hydrogen) atoms. The average molecular weight is 264 g/mol. The fraction of sp³-hybridized carbons (Fsp3) is 0.533. The van der Waals surface area contributed by atoms with Crippen molar-refractivity contribution >= 4 is 5.97 Å². The number of rotatable bonds is 5. The molecule has 0 amide bonds. The first-order chi connectivity index (χ1) is 9.28. The lowest BCUT2D eigenvalue weighted by molar-refractivity contribution is -0.142. The number of carbonyl (C=O) groups is 1. The lowest BCUT2D eigenvalue weighted by atomic mass is 10.1. The van der Waals surface area contributed by atoms with Crippen molar-refractivity contribution in [3.8, 4) is 5.75 Å². The molecule has 1 aromatic rings. The fourth-order valence-electron chi connectivity index (χ4n) is 2.06. The molecule has 0 spiro atoms. The van der Waals surface area contributed by atoms with Gasteiger partial charge in [0, 0.05) is 6.42 Å². The predicted octanol–water partition coefficient (Wildman–Crippen LogP) is 2.70. The molecule has 0 N–H and O–H groups in total. The van der Waals surface area contributed by atoms with Crippen molar-refractivity contribution in [1.29, 1.82) is 0 Å². The molecule has 0 aliphatic carbocycles. The molecule has 1 aliphatic heterocycles. The van der Waals surface area contributed by atoms with Gasteiger partial charge in [0.25, 0.3) is 0 Å². The number of carbonyl (C=O) groups excluding carboxylic acids is 1. The van der Waals surface area contributed by atoms with Crippen LogP contribution in [-0.4, -0.2) is 25.5 Å². The standard InChI is InChI=1S/C15H20O4/c1-2-17-14(16)11-12-6-5-7-13(10-12)19-15-8-3-4-9-18-15/h5-7,10,15H,2-4,8-9,11H2,1H3. The van der Waals surface area contributed by atoms with Gasteiger partial charge in [-0.3, -0.25) is 4.79 Å². The summed E-state index contributed by atoms with van der Waals surface area (Å²) in [5.41, 5.74) is 0.895. The van der Waals surface area contributed by atoms with Crippen LogP contribution in [0.1, 0.15) is 31.7 Å². The number of benzene rings is 1. The van der Waals surface area contributed by atoms with Crippen molar-refractivity contribution < 1.29 is 19.0 Å². The van der Waals surface area contributed by atoms with E-state index in [1.807, 2.05) is 24.3 Å². The molecule has 0 saturated carbocycles. The minimum atomic E-state index is -0.214. The highest BCUT2D eigenvalue weighted by atomic mass is 16.7. The highest BCUT2D eigenvalue weighted by molar-refractivity contribution is 5.72. The first kappa shape index (κ1) is 13.9. The van der Waals surface area contributed by atoms with Crippen LogP contribution in [0.2, 0.25) is 0 Å². The maximum Gasteiger partial charge on any atom is 0.310 e. The molecule has 4 heteroatoms. The van der Waals surface area contributed by atoms with Crippen LogP contribution in [0, 0.1) is 0 Å². The highest BCUT2D eigenvalue weighted by Gasteiger charge is 2.15. The Morgan fingerprint density at radius 2 is 2.32 bits per heavy atom. The third kappa shape index (κ3) is 4.56. The molecule has 1 saturated heterocycles. The van der Waals surface area contributed by atoms with Crippen molar-refractivity contribution in [1.82, 2.24) is 0 Å². The van der Waals surface area contributed by atoms with E-state index in [4.69, 9.17) is 14.2 Å². The van der Waals surface area contributed by atoms with E-state index in [1.54, 1.807) is 6.92 Å². The number of hydrogen-bond donors (Lipinski definition) is 0. The number of esters is 1. The molecule has 4 nitrogen and oxygen atoms in total. The third-order valence-electron chi connectivity index (χ3n) is 2.96. The second-order valence-electron chi connectivity index (χ2n) is 4.54. The number of hydrogen-bond acceptors (Lipinski definition) is 4. The molecule has 1 unspecified atom stereocenters. The molecular weight excluding hydrogens is 244 g/mol. The smallest absolute Gasteiger partial charge is 0.310 e. The monoisotopic (exact) mass is 264 g/mol. The lowest BCUT2D eigenvalue weighted by Crippen LogP contribution is -2.25. The average Bonchev–Trinajstić information content (AvgIpc) is 2.40. The van der Waals surface area contributed by atoms with Gasteiger partial charge in [-0.1, -0.05) is 12.1 Å². The second kappa shape index (κ2) is 7.14. The Morgan fingerprint density at radius 3 is 3.05 bits per heavy atom. The Bertz CT molecular complexity index is 410. The first-order valence-corrected chi connectivity index (χ1v) is 6.80. The fourth-order valence-corrected chi connectivity index (χ4v) is 2.06. The molecule has 1 atom stereocenters. The minimum Gasteiger partial charge on any atom is -0.466 e. The topological polar surface area (TPSA) is 44.8 Å². The van der Waals surface area contributed by atoms with Gasteiger partial charge in [0.1, 0.15) is 5.75 Å². The van der Waals surface area contributed by atoms with E-state index in [0.717, 1.165) is 37.2 Å². The molecule has 0 aromatic heterocycles. The maximum absolute atomic E-state index is 11.4. The van der Waals surface area contributed by atoms with Gasteiger partial charge in [-0.15, -0.1) is 0 Å². The molecular formula is C15H20O4. The van der Waals surface area contributed by atoms with Crippen molar-refractivity contribution in [2.45, 2.75) is 38.9 Å². The van der Waals surface area contributed by atoms with Crippen molar-refractivity contribution in [2.75, 3.05) is 13.2 Å². The van der Waals surface area contributed by atoms with E-state index in [9.17, 15) is 4.79 Å². The van der Waals surface area contributed by atoms with Crippen LogP contribution in [0.25, 0.3) is 0 Å². The van der Waals surface area contributed by atoms with Crippen LogP contribution in [0.15, 0.2) is 24.3 Å². The van der Waals surface area contributed by atoms with Crippen molar-refractivity contribution in [2.24, 2.45) is 0 Å². The first-order valence-electron chi connectivity index (χ1n) is 6.80. The van der Waals surface area contributed by atoms with Gasteiger partial charge in [0.2, 0.25) is 0 Å². The van der Waals surface area contributed by atoms with Crippen molar-refractivity contribution in [3.05, 3.63) is 29.8 Å². The largest absolute Gasteiger partial charge is 0.466 e. The quantitative estimate of drug-likeness (QED) is 0.767. The molecule has 104 valence electrons. The SMILES string of the molecule is CCOC(=O)Cc1cccc(OC2CCCCO2)c1. The molecule has 1 heterocycles. The Balaban J connectivity index is 1.92. The summed E-state index contributed by atoms with van der Waals surface area (Å²) in [7, 11) is 0.